The zero-order chi connectivity index (χ0) is 15.2. The number of Topliss-reactive ketones (excluding diaryl/α,β-unsaturated/α-hetero) is 1. The third-order valence-electron chi connectivity index (χ3n) is 2.88. The molecule has 1 aromatic rings. The van der Waals surface area contributed by atoms with Gasteiger partial charge >= 0.3 is 0 Å². The van der Waals surface area contributed by atoms with Crippen LogP contribution in [0.5, 0.6) is 0 Å². The number of hydrogen-bond acceptors (Lipinski definition) is 5. The van der Waals surface area contributed by atoms with E-state index in [-0.39, 0.29) is 11.7 Å². The third kappa shape index (κ3) is 3.44. The number of fused-ring (bicyclic) bond motifs is 2. The number of amides is 1. The van der Waals surface area contributed by atoms with Crippen LogP contribution in [0.25, 0.3) is 0 Å². The standard InChI is InChI=1S/C8H11N3O2.C7H4O/c1-13-11-10-8(12)6-4-2-3-5-7(6)9;8-7-5-1-2-6(7)4-3-5/h2-5,11H,9H2,1H3,(H,10,12);1-4H. The molecule has 0 aliphatic heterocycles. The van der Waals surface area contributed by atoms with Crippen molar-refractivity contribution in [3.05, 3.63) is 65.3 Å². The maximum absolute atomic E-state index is 11.3. The number of allylic oxidation sites excluding steroid dienone is 6. The summed E-state index contributed by atoms with van der Waals surface area (Å²) >= 11 is 0. The molecule has 6 heteroatoms. The second-order valence-electron chi connectivity index (χ2n) is 4.25. The van der Waals surface area contributed by atoms with E-state index in [1.165, 1.54) is 7.11 Å². The lowest BCUT2D eigenvalue weighted by Gasteiger charge is -2.06. The summed E-state index contributed by atoms with van der Waals surface area (Å²) in [5.41, 5.74) is 12.6. The number of para-hydroxylation sites is 1. The van der Waals surface area contributed by atoms with E-state index in [1.54, 1.807) is 24.3 Å². The molecule has 0 spiro atoms. The number of carbonyl (C=O) groups excluding carboxylic acids is 2. The fourth-order valence-electron chi connectivity index (χ4n) is 1.81. The van der Waals surface area contributed by atoms with Crippen LogP contribution in [0.15, 0.2) is 59.7 Å². The lowest BCUT2D eigenvalue weighted by atomic mass is 10.2. The molecule has 0 aromatic heterocycles. The summed E-state index contributed by atoms with van der Waals surface area (Å²) in [6.07, 6.45) is 7.38. The monoisotopic (exact) mass is 285 g/mol. The molecular formula is C15H15N3O3. The topological polar surface area (TPSA) is 93.4 Å². The molecule has 6 nitrogen and oxygen atoms in total. The number of rotatable bonds is 3. The van der Waals surface area contributed by atoms with Gasteiger partial charge in [-0.25, -0.2) is 0 Å². The molecule has 0 saturated carbocycles. The molecular weight excluding hydrogens is 270 g/mol. The first-order valence-corrected chi connectivity index (χ1v) is 6.21. The average molecular weight is 285 g/mol. The minimum atomic E-state index is -0.333. The summed E-state index contributed by atoms with van der Waals surface area (Å²) in [6.45, 7) is 0. The number of hydrogen-bond donors (Lipinski definition) is 3. The maximum atomic E-state index is 11.3. The van der Waals surface area contributed by atoms with Gasteiger partial charge in [0.05, 0.1) is 12.7 Å². The minimum absolute atomic E-state index is 0.185. The second kappa shape index (κ2) is 6.65. The van der Waals surface area contributed by atoms with Crippen molar-refractivity contribution in [2.45, 2.75) is 0 Å². The molecule has 0 heterocycles. The zero-order valence-electron chi connectivity index (χ0n) is 11.4. The summed E-state index contributed by atoms with van der Waals surface area (Å²) in [6, 6.07) is 6.78. The van der Waals surface area contributed by atoms with E-state index in [2.05, 4.69) is 15.9 Å². The van der Waals surface area contributed by atoms with E-state index in [1.807, 2.05) is 24.3 Å². The number of benzene rings is 1. The summed E-state index contributed by atoms with van der Waals surface area (Å²) in [7, 11) is 1.40. The minimum Gasteiger partial charge on any atom is -0.398 e. The Bertz CT molecular complexity index is 636. The number of carbonyl (C=O) groups is 2. The van der Waals surface area contributed by atoms with Gasteiger partial charge in [0.2, 0.25) is 0 Å². The molecule has 2 aliphatic rings. The SMILES string of the molecule is CONNC(=O)c1ccccc1N.O=C1C2=CC=C1C=C2. The number of hydrazine groups is 1. The largest absolute Gasteiger partial charge is 0.398 e. The van der Waals surface area contributed by atoms with Crippen LogP contribution in [0.3, 0.4) is 0 Å². The first-order chi connectivity index (χ1) is 10.1. The fraction of sp³-hybridized carbons (Fsp3) is 0.0667. The Balaban J connectivity index is 0.000000170. The van der Waals surface area contributed by atoms with Crippen LogP contribution >= 0.6 is 0 Å². The summed E-state index contributed by atoms with van der Waals surface area (Å²) < 4.78 is 0. The predicted molar refractivity (Wildman–Crippen MR) is 78.8 cm³/mol. The van der Waals surface area contributed by atoms with Crippen molar-refractivity contribution in [2.75, 3.05) is 12.8 Å². The van der Waals surface area contributed by atoms with Gasteiger partial charge in [0, 0.05) is 16.8 Å². The number of nitrogens with one attached hydrogen (secondary N) is 2. The van der Waals surface area contributed by atoms with Gasteiger partial charge in [0.25, 0.3) is 5.91 Å². The van der Waals surface area contributed by atoms with Crippen molar-refractivity contribution in [1.82, 2.24) is 11.0 Å². The highest BCUT2D eigenvalue weighted by Gasteiger charge is 2.19. The second-order valence-corrected chi connectivity index (χ2v) is 4.25. The predicted octanol–water partition coefficient (Wildman–Crippen LogP) is 1.06. The van der Waals surface area contributed by atoms with Crippen LogP contribution in [-0.2, 0) is 9.63 Å². The van der Waals surface area contributed by atoms with E-state index in [0.29, 0.717) is 11.3 Å². The summed E-state index contributed by atoms with van der Waals surface area (Å²) in [5.74, 6) is -0.148. The first-order valence-electron chi connectivity index (χ1n) is 6.21. The molecule has 4 N–H and O–H groups in total. The quantitative estimate of drug-likeness (QED) is 0.570. The number of ketones is 1. The molecule has 2 bridgehead atoms. The third-order valence-corrected chi connectivity index (χ3v) is 2.88. The molecule has 0 fully saturated rings. The van der Waals surface area contributed by atoms with Gasteiger partial charge in [-0.15, -0.1) is 5.59 Å². The Kier molecular flexibility index (Phi) is 4.65. The van der Waals surface area contributed by atoms with Crippen molar-refractivity contribution in [2.24, 2.45) is 0 Å². The van der Waals surface area contributed by atoms with E-state index >= 15 is 0 Å². The number of anilines is 1. The van der Waals surface area contributed by atoms with Crippen LogP contribution in [0.1, 0.15) is 10.4 Å². The molecule has 0 radical (unpaired) electrons. The van der Waals surface area contributed by atoms with Gasteiger partial charge in [-0.3, -0.25) is 19.9 Å². The first kappa shape index (κ1) is 14.7. The smallest absolute Gasteiger partial charge is 0.269 e. The van der Waals surface area contributed by atoms with Gasteiger partial charge in [0.1, 0.15) is 0 Å². The highest BCUT2D eigenvalue weighted by molar-refractivity contribution is 6.17. The number of nitrogen functional groups attached to an aromatic ring is 1. The molecule has 1 amide bonds. The van der Waals surface area contributed by atoms with Gasteiger partial charge in [0.15, 0.2) is 5.78 Å². The molecule has 108 valence electrons. The van der Waals surface area contributed by atoms with E-state index < -0.39 is 0 Å². The van der Waals surface area contributed by atoms with Gasteiger partial charge in [-0.1, -0.05) is 36.4 Å². The molecule has 3 rings (SSSR count). The molecule has 1 aromatic carbocycles. The average Bonchev–Trinajstić information content (AvgIpc) is 3.04. The van der Waals surface area contributed by atoms with E-state index in [4.69, 9.17) is 5.73 Å². The lowest BCUT2D eigenvalue weighted by molar-refractivity contribution is -0.111. The van der Waals surface area contributed by atoms with E-state index in [9.17, 15) is 9.59 Å². The molecule has 0 saturated heterocycles. The summed E-state index contributed by atoms with van der Waals surface area (Å²) in [5, 5.41) is 0. The molecule has 2 aliphatic carbocycles. The normalized spacial score (nSPS) is 14.2. The Hall–Kier alpha value is -2.70. The van der Waals surface area contributed by atoms with Crippen LogP contribution in [0.4, 0.5) is 5.69 Å². The van der Waals surface area contributed by atoms with Gasteiger partial charge in [-0.2, -0.15) is 0 Å². The van der Waals surface area contributed by atoms with Crippen molar-refractivity contribution < 1.29 is 14.4 Å². The lowest BCUT2D eigenvalue weighted by Crippen LogP contribution is -2.36. The van der Waals surface area contributed by atoms with Gasteiger partial charge < -0.3 is 5.73 Å². The molecule has 0 unspecified atom stereocenters. The number of nitrogens with two attached hydrogens (primary N) is 1. The van der Waals surface area contributed by atoms with Crippen LogP contribution in [0.2, 0.25) is 0 Å². The zero-order valence-corrected chi connectivity index (χ0v) is 11.4. The Morgan fingerprint density at radius 1 is 1.14 bits per heavy atom. The highest BCUT2D eigenvalue weighted by atomic mass is 16.7. The Morgan fingerprint density at radius 3 is 2.19 bits per heavy atom. The van der Waals surface area contributed by atoms with Crippen molar-refractivity contribution in [3.8, 4) is 0 Å². The van der Waals surface area contributed by atoms with E-state index in [0.717, 1.165) is 11.1 Å². The summed E-state index contributed by atoms with van der Waals surface area (Å²) in [4.78, 5) is 26.5. The van der Waals surface area contributed by atoms with Gasteiger partial charge in [-0.05, 0) is 12.1 Å². The fourth-order valence-corrected chi connectivity index (χ4v) is 1.81. The van der Waals surface area contributed by atoms with Crippen molar-refractivity contribution >= 4 is 17.4 Å². The Labute approximate surface area is 121 Å². The molecule has 0 atom stereocenters. The van der Waals surface area contributed by atoms with Crippen LogP contribution < -0.4 is 16.7 Å². The maximum Gasteiger partial charge on any atom is 0.269 e. The van der Waals surface area contributed by atoms with Crippen molar-refractivity contribution in [1.29, 1.82) is 0 Å². The Morgan fingerprint density at radius 2 is 1.76 bits per heavy atom. The highest BCUT2D eigenvalue weighted by Crippen LogP contribution is 2.23. The van der Waals surface area contributed by atoms with Crippen molar-refractivity contribution in [3.63, 3.8) is 0 Å². The molecule has 21 heavy (non-hydrogen) atoms. The van der Waals surface area contributed by atoms with Crippen LogP contribution in [0, 0.1) is 0 Å². The van der Waals surface area contributed by atoms with Crippen LogP contribution in [-0.4, -0.2) is 18.8 Å².